The average molecular weight is 947 g/mol. The summed E-state index contributed by atoms with van der Waals surface area (Å²) in [4.78, 5) is 129. The smallest absolute Gasteiger partial charge is 0.256 e. The molecule has 4 aliphatic heterocycles. The molecule has 4 aliphatic rings. The molecule has 2 aromatic carbocycles. The summed E-state index contributed by atoms with van der Waals surface area (Å²) in [6.07, 6.45) is 1.69. The molecule has 2 unspecified atom stereocenters. The summed E-state index contributed by atoms with van der Waals surface area (Å²) in [5.41, 5.74) is 4.23. The van der Waals surface area contributed by atoms with Crippen molar-refractivity contribution in [1.29, 1.82) is 0 Å². The molecule has 8 rings (SSSR count). The fourth-order valence-corrected chi connectivity index (χ4v) is 10.4. The standard InChI is InChI=1S/C24H25N3O5S.C21H16Cl2N2O5S/c1-26(2)11-14-3-5-15(6-4-14)22(30)19(28)8-9-20-16-12-27(24(32)17(16)13-33-20)18-7-10-21(29)25-23(18)31;22-13-2-1-10(7-14(13)23)19(28)16(26)4-5-17-11-8-25(21(30)12(11)9-31-17)15-3-6-18(27)24-20(15)29/h3-6,13,18H,7-12H2,1-2H3,(H,25,29,31);1-2,7,9,15H,3-6,8H2,(H,24,27,29). The Balaban J connectivity index is 0.000000192. The zero-order valence-corrected chi connectivity index (χ0v) is 37.8. The molecule has 0 spiro atoms. The van der Waals surface area contributed by atoms with Gasteiger partial charge in [-0.2, -0.15) is 0 Å². The van der Waals surface area contributed by atoms with E-state index in [9.17, 15) is 47.9 Å². The molecule has 2 aromatic heterocycles. The highest BCUT2D eigenvalue weighted by Gasteiger charge is 2.42. The fraction of sp³-hybridized carbons (Fsp3) is 0.333. The second kappa shape index (κ2) is 19.6. The number of hydrogen-bond donors (Lipinski definition) is 2. The van der Waals surface area contributed by atoms with Gasteiger partial charge >= 0.3 is 0 Å². The minimum atomic E-state index is -0.687. The highest BCUT2D eigenvalue weighted by atomic mass is 35.5. The Bertz CT molecular complexity index is 2640. The molecule has 6 heterocycles. The van der Waals surface area contributed by atoms with Crippen molar-refractivity contribution in [3.63, 3.8) is 0 Å². The van der Waals surface area contributed by atoms with Crippen LogP contribution >= 0.6 is 45.9 Å². The predicted octanol–water partition coefficient (Wildman–Crippen LogP) is 5.16. The molecule has 2 saturated heterocycles. The van der Waals surface area contributed by atoms with Crippen LogP contribution in [0.1, 0.15) is 106 Å². The lowest BCUT2D eigenvalue weighted by Gasteiger charge is -2.29. The van der Waals surface area contributed by atoms with Crippen LogP contribution in [-0.4, -0.2) is 99.5 Å². The van der Waals surface area contributed by atoms with E-state index in [-0.39, 0.29) is 79.4 Å². The Morgan fingerprint density at radius 3 is 1.55 bits per heavy atom. The van der Waals surface area contributed by atoms with Crippen molar-refractivity contribution < 1.29 is 47.9 Å². The van der Waals surface area contributed by atoms with Crippen molar-refractivity contribution in [3.8, 4) is 0 Å². The minimum absolute atomic E-state index is 0.0152. The largest absolute Gasteiger partial charge is 0.322 e. The number of fused-ring (bicyclic) bond motifs is 2. The van der Waals surface area contributed by atoms with Gasteiger partial charge < -0.3 is 14.7 Å². The molecule has 0 bridgehead atoms. The van der Waals surface area contributed by atoms with Crippen LogP contribution in [0.3, 0.4) is 0 Å². The monoisotopic (exact) mass is 945 g/mol. The van der Waals surface area contributed by atoms with E-state index in [0.29, 0.717) is 41.0 Å². The van der Waals surface area contributed by atoms with E-state index in [1.54, 1.807) is 22.9 Å². The number of amides is 6. The van der Waals surface area contributed by atoms with Crippen molar-refractivity contribution in [1.82, 2.24) is 25.3 Å². The molecular formula is C45H41Cl2N5O10S2. The quantitative estimate of drug-likeness (QED) is 0.0961. The number of piperidine rings is 2. The predicted molar refractivity (Wildman–Crippen MR) is 236 cm³/mol. The van der Waals surface area contributed by atoms with Crippen molar-refractivity contribution in [2.45, 2.75) is 83.1 Å². The molecular weight excluding hydrogens is 906 g/mol. The van der Waals surface area contributed by atoms with Gasteiger partial charge in [0.2, 0.25) is 46.8 Å². The summed E-state index contributed by atoms with van der Waals surface area (Å²) in [6.45, 7) is 1.27. The van der Waals surface area contributed by atoms with Gasteiger partial charge in [0.05, 0.1) is 21.2 Å². The maximum atomic E-state index is 12.8. The van der Waals surface area contributed by atoms with E-state index in [1.807, 2.05) is 31.1 Å². The molecule has 2 fully saturated rings. The Morgan fingerprint density at radius 2 is 1.11 bits per heavy atom. The maximum absolute atomic E-state index is 12.8. The first kappa shape index (κ1) is 46.3. The van der Waals surface area contributed by atoms with E-state index in [1.165, 1.54) is 50.7 Å². The molecule has 0 aliphatic carbocycles. The number of nitrogens with zero attached hydrogens (tertiary/aromatic N) is 3. The van der Waals surface area contributed by atoms with Gasteiger partial charge in [-0.25, -0.2) is 0 Å². The number of benzene rings is 2. The lowest BCUT2D eigenvalue weighted by Crippen LogP contribution is -2.52. The van der Waals surface area contributed by atoms with E-state index < -0.39 is 47.0 Å². The molecule has 0 saturated carbocycles. The third-order valence-electron chi connectivity index (χ3n) is 11.3. The number of thiophene rings is 2. The van der Waals surface area contributed by atoms with Gasteiger partial charge in [-0.05, 0) is 74.7 Å². The number of hydrogen-bond acceptors (Lipinski definition) is 13. The van der Waals surface area contributed by atoms with E-state index in [4.69, 9.17) is 23.2 Å². The molecule has 0 radical (unpaired) electrons. The molecule has 64 heavy (non-hydrogen) atoms. The number of nitrogens with one attached hydrogen (secondary N) is 2. The first-order valence-electron chi connectivity index (χ1n) is 20.3. The second-order valence-corrected chi connectivity index (χ2v) is 18.7. The van der Waals surface area contributed by atoms with Crippen molar-refractivity contribution in [2.75, 3.05) is 14.1 Å². The Kier molecular flexibility index (Phi) is 14.2. The number of carbonyl (C=O) groups is 10. The molecule has 4 aromatic rings. The van der Waals surface area contributed by atoms with Crippen molar-refractivity contribution >= 4 is 104 Å². The van der Waals surface area contributed by atoms with Crippen LogP contribution in [-0.2, 0) is 61.2 Å². The van der Waals surface area contributed by atoms with Gasteiger partial charge in [-0.3, -0.25) is 58.6 Å². The van der Waals surface area contributed by atoms with Crippen LogP contribution in [0.5, 0.6) is 0 Å². The second-order valence-electron chi connectivity index (χ2n) is 16.0. The number of ketones is 4. The summed E-state index contributed by atoms with van der Waals surface area (Å²) < 4.78 is 0. The van der Waals surface area contributed by atoms with Crippen LogP contribution < -0.4 is 10.6 Å². The Morgan fingerprint density at radius 1 is 0.656 bits per heavy atom. The van der Waals surface area contributed by atoms with Gasteiger partial charge in [-0.1, -0.05) is 47.5 Å². The van der Waals surface area contributed by atoms with Crippen LogP contribution in [0.2, 0.25) is 10.0 Å². The summed E-state index contributed by atoms with van der Waals surface area (Å²) in [7, 11) is 3.92. The Hall–Kier alpha value is -5.72. The van der Waals surface area contributed by atoms with Gasteiger partial charge in [0.15, 0.2) is 0 Å². The topological polar surface area (TPSA) is 204 Å². The normalized spacial score (nSPS) is 18.1. The zero-order chi connectivity index (χ0) is 46.0. The SMILES string of the molecule is CN(C)Cc1ccc(C(=O)C(=O)CCc2scc3c2CN(C2CCC(=O)NC2=O)C3=O)cc1.O=C1CCC(N2Cc3c(csc3CCC(=O)C(=O)c3ccc(Cl)c(Cl)c3)C2=O)C(=O)N1. The highest BCUT2D eigenvalue weighted by molar-refractivity contribution is 7.10. The van der Waals surface area contributed by atoms with Crippen LogP contribution in [0, 0.1) is 0 Å². The number of aryl methyl sites for hydroxylation is 2. The summed E-state index contributed by atoms with van der Waals surface area (Å²) in [6, 6.07) is 9.98. The number of halogens is 2. The van der Waals surface area contributed by atoms with Gasteiger partial charge in [0.25, 0.3) is 11.8 Å². The van der Waals surface area contributed by atoms with Gasteiger partial charge in [0, 0.05) is 77.0 Å². The van der Waals surface area contributed by atoms with Crippen LogP contribution in [0.15, 0.2) is 53.2 Å². The lowest BCUT2D eigenvalue weighted by atomic mass is 10.0. The molecule has 19 heteroatoms. The molecule has 2 atom stereocenters. The van der Waals surface area contributed by atoms with E-state index in [0.717, 1.165) is 33.0 Å². The molecule has 15 nitrogen and oxygen atoms in total. The third-order valence-corrected chi connectivity index (χ3v) is 14.3. The highest BCUT2D eigenvalue weighted by Crippen LogP contribution is 2.36. The Labute approximate surface area is 385 Å². The molecule has 332 valence electrons. The number of Topliss-reactive ketones (excluding diaryl/α,β-unsaturated/α-hetero) is 4. The summed E-state index contributed by atoms with van der Waals surface area (Å²) >= 11 is 14.5. The van der Waals surface area contributed by atoms with Crippen LogP contribution in [0.25, 0.3) is 0 Å². The summed E-state index contributed by atoms with van der Waals surface area (Å²) in [5.74, 6) is -4.27. The van der Waals surface area contributed by atoms with Gasteiger partial charge in [-0.15, -0.1) is 22.7 Å². The van der Waals surface area contributed by atoms with Crippen molar-refractivity contribution in [2.24, 2.45) is 0 Å². The number of carbonyl (C=O) groups excluding carboxylic acids is 10. The van der Waals surface area contributed by atoms with E-state index >= 15 is 0 Å². The maximum Gasteiger partial charge on any atom is 0.256 e. The lowest BCUT2D eigenvalue weighted by molar-refractivity contribution is -0.138. The number of imide groups is 2. The van der Waals surface area contributed by atoms with E-state index in [2.05, 4.69) is 10.6 Å². The first-order chi connectivity index (χ1) is 30.5. The zero-order valence-electron chi connectivity index (χ0n) is 34.6. The third kappa shape index (κ3) is 9.98. The fourth-order valence-electron chi connectivity index (χ4n) is 7.99. The minimum Gasteiger partial charge on any atom is -0.322 e. The first-order valence-corrected chi connectivity index (χ1v) is 22.8. The molecule has 2 N–H and O–H groups in total. The average Bonchev–Trinajstić information content (AvgIpc) is 4.02. The molecule has 6 amide bonds. The summed E-state index contributed by atoms with van der Waals surface area (Å²) in [5, 5.41) is 8.51. The van der Waals surface area contributed by atoms with Crippen LogP contribution in [0.4, 0.5) is 0 Å². The van der Waals surface area contributed by atoms with Gasteiger partial charge in [0.1, 0.15) is 12.1 Å². The van der Waals surface area contributed by atoms with Crippen molar-refractivity contribution in [3.05, 3.63) is 112 Å². The number of rotatable bonds is 14.